The number of nitrogens with zero attached hydrogens (tertiary/aromatic N) is 4. The summed E-state index contributed by atoms with van der Waals surface area (Å²) in [5, 5.41) is 21.0. The fourth-order valence-electron chi connectivity index (χ4n) is 7.75. The molecule has 10 nitrogen and oxygen atoms in total. The molecule has 3 saturated carbocycles. The number of carbonyl (C=O) groups is 1. The van der Waals surface area contributed by atoms with Gasteiger partial charge in [0.1, 0.15) is 5.82 Å². The SMILES string of the molecule is O=C(NC1CCC(Nc2nccc(Nc3cc(C4CCCC4)[nH]n3)n2)CC1)NC1C[C@H]2CC[C@H](C1)N2C1CC1. The molecule has 2 aromatic rings. The smallest absolute Gasteiger partial charge is 0.315 e. The molecule has 2 aliphatic heterocycles. The van der Waals surface area contributed by atoms with Gasteiger partial charge in [0, 0.05) is 60.1 Å². The number of aromatic nitrogens is 4. The molecule has 4 heterocycles. The van der Waals surface area contributed by atoms with E-state index in [4.69, 9.17) is 0 Å². The lowest BCUT2D eigenvalue weighted by atomic mass is 9.91. The summed E-state index contributed by atoms with van der Waals surface area (Å²) in [5.74, 6) is 2.77. The van der Waals surface area contributed by atoms with Crippen LogP contribution in [0.1, 0.15) is 102 Å². The highest BCUT2D eigenvalue weighted by molar-refractivity contribution is 5.74. The molecule has 7 rings (SSSR count). The first kappa shape index (κ1) is 25.1. The summed E-state index contributed by atoms with van der Waals surface area (Å²) < 4.78 is 0. The van der Waals surface area contributed by atoms with Crippen LogP contribution in [0.4, 0.5) is 22.4 Å². The topological polar surface area (TPSA) is 123 Å². The Morgan fingerprint density at radius 1 is 0.821 bits per heavy atom. The fourth-order valence-corrected chi connectivity index (χ4v) is 7.75. The first-order valence-corrected chi connectivity index (χ1v) is 15.4. The van der Waals surface area contributed by atoms with Crippen molar-refractivity contribution in [3.63, 3.8) is 0 Å². The molecule has 0 radical (unpaired) electrons. The minimum Gasteiger partial charge on any atom is -0.351 e. The van der Waals surface area contributed by atoms with Crippen LogP contribution < -0.4 is 21.3 Å². The van der Waals surface area contributed by atoms with Crippen molar-refractivity contribution in [1.82, 2.24) is 35.7 Å². The van der Waals surface area contributed by atoms with Crippen molar-refractivity contribution in [2.24, 2.45) is 0 Å². The van der Waals surface area contributed by atoms with Gasteiger partial charge in [0.2, 0.25) is 5.95 Å². The molecule has 2 aromatic heterocycles. The van der Waals surface area contributed by atoms with Crippen molar-refractivity contribution in [2.45, 2.75) is 132 Å². The third-order valence-corrected chi connectivity index (χ3v) is 9.79. The highest BCUT2D eigenvalue weighted by Gasteiger charge is 2.47. The molecule has 0 unspecified atom stereocenters. The molecular weight excluding hydrogens is 490 g/mol. The second kappa shape index (κ2) is 10.9. The molecular formula is C29H43N9O. The van der Waals surface area contributed by atoms with Gasteiger partial charge in [-0.1, -0.05) is 12.8 Å². The summed E-state index contributed by atoms with van der Waals surface area (Å²) in [7, 11) is 0. The van der Waals surface area contributed by atoms with Crippen LogP contribution in [0, 0.1) is 0 Å². The highest BCUT2D eigenvalue weighted by atomic mass is 16.2. The summed E-state index contributed by atoms with van der Waals surface area (Å²) in [6, 6.07) is 7.08. The number of rotatable bonds is 8. The molecule has 0 aromatic carbocycles. The van der Waals surface area contributed by atoms with Gasteiger partial charge in [-0.25, -0.2) is 9.78 Å². The van der Waals surface area contributed by atoms with E-state index in [0.717, 1.165) is 56.2 Å². The van der Waals surface area contributed by atoms with Crippen LogP contribution in [-0.2, 0) is 0 Å². The molecule has 2 bridgehead atoms. The molecule has 10 heteroatoms. The van der Waals surface area contributed by atoms with E-state index in [9.17, 15) is 4.79 Å². The van der Waals surface area contributed by atoms with Gasteiger partial charge >= 0.3 is 6.03 Å². The van der Waals surface area contributed by atoms with E-state index in [1.54, 1.807) is 6.20 Å². The van der Waals surface area contributed by atoms with Gasteiger partial charge in [-0.05, 0) is 83.1 Å². The number of carbonyl (C=O) groups excluding carboxylic acids is 1. The van der Waals surface area contributed by atoms with Crippen molar-refractivity contribution in [3.05, 3.63) is 24.0 Å². The second-order valence-electron chi connectivity index (χ2n) is 12.6. The lowest BCUT2D eigenvalue weighted by molar-refractivity contribution is 0.110. The molecule has 2 amide bonds. The Bertz CT molecular complexity index is 1120. The van der Waals surface area contributed by atoms with Crippen LogP contribution in [0.15, 0.2) is 18.3 Å². The maximum absolute atomic E-state index is 12.8. The van der Waals surface area contributed by atoms with E-state index in [0.29, 0.717) is 36.0 Å². The average molecular weight is 534 g/mol. The van der Waals surface area contributed by atoms with Crippen LogP contribution in [-0.4, -0.2) is 67.3 Å². The zero-order chi connectivity index (χ0) is 26.2. The van der Waals surface area contributed by atoms with Crippen LogP contribution in [0.5, 0.6) is 0 Å². The number of nitrogens with one attached hydrogen (secondary N) is 5. The summed E-state index contributed by atoms with van der Waals surface area (Å²) in [5.41, 5.74) is 1.22. The highest BCUT2D eigenvalue weighted by Crippen LogP contribution is 2.43. The monoisotopic (exact) mass is 533 g/mol. The average Bonchev–Trinajstić information content (AvgIpc) is 3.29. The second-order valence-corrected chi connectivity index (χ2v) is 12.6. The maximum atomic E-state index is 12.8. The lowest BCUT2D eigenvalue weighted by Gasteiger charge is -2.39. The number of piperidine rings is 1. The lowest BCUT2D eigenvalue weighted by Crippen LogP contribution is -2.54. The van der Waals surface area contributed by atoms with Crippen molar-refractivity contribution in [2.75, 3.05) is 10.6 Å². The van der Waals surface area contributed by atoms with Gasteiger partial charge in [0.25, 0.3) is 0 Å². The van der Waals surface area contributed by atoms with Crippen LogP contribution in [0.2, 0.25) is 0 Å². The number of urea groups is 1. The molecule has 5 N–H and O–H groups in total. The van der Waals surface area contributed by atoms with E-state index in [1.165, 1.54) is 57.1 Å². The van der Waals surface area contributed by atoms with Gasteiger partial charge in [0.15, 0.2) is 5.82 Å². The number of fused-ring (bicyclic) bond motifs is 2. The number of aromatic amines is 1. The largest absolute Gasteiger partial charge is 0.351 e. The predicted molar refractivity (Wildman–Crippen MR) is 151 cm³/mol. The fraction of sp³-hybridized carbons (Fsp3) is 0.724. The van der Waals surface area contributed by atoms with Crippen molar-refractivity contribution in [1.29, 1.82) is 0 Å². The van der Waals surface area contributed by atoms with E-state index in [-0.39, 0.29) is 12.1 Å². The third-order valence-electron chi connectivity index (χ3n) is 9.79. The molecule has 5 fully saturated rings. The van der Waals surface area contributed by atoms with Gasteiger partial charge < -0.3 is 21.3 Å². The van der Waals surface area contributed by atoms with Crippen LogP contribution in [0.3, 0.4) is 0 Å². The summed E-state index contributed by atoms with van der Waals surface area (Å²) in [6.45, 7) is 0. The number of hydrogen-bond acceptors (Lipinski definition) is 7. The van der Waals surface area contributed by atoms with E-state index >= 15 is 0 Å². The van der Waals surface area contributed by atoms with Crippen molar-refractivity contribution >= 4 is 23.6 Å². The quantitative estimate of drug-likeness (QED) is 0.331. The van der Waals surface area contributed by atoms with Crippen LogP contribution >= 0.6 is 0 Å². The molecule has 3 aliphatic carbocycles. The summed E-state index contributed by atoms with van der Waals surface area (Å²) in [6.07, 6.45) is 18.4. The van der Waals surface area contributed by atoms with Crippen molar-refractivity contribution in [3.8, 4) is 0 Å². The van der Waals surface area contributed by atoms with Gasteiger partial charge in [0.05, 0.1) is 0 Å². The van der Waals surface area contributed by atoms with Gasteiger partial charge in [-0.2, -0.15) is 10.1 Å². The number of amides is 2. The van der Waals surface area contributed by atoms with E-state index in [2.05, 4.69) is 52.4 Å². The Morgan fingerprint density at radius 2 is 1.51 bits per heavy atom. The predicted octanol–water partition coefficient (Wildman–Crippen LogP) is 4.78. The molecule has 0 spiro atoms. The Morgan fingerprint density at radius 3 is 2.26 bits per heavy atom. The molecule has 5 aliphatic rings. The summed E-state index contributed by atoms with van der Waals surface area (Å²) >= 11 is 0. The minimum absolute atomic E-state index is 0.0206. The third kappa shape index (κ3) is 5.85. The van der Waals surface area contributed by atoms with Crippen molar-refractivity contribution < 1.29 is 4.79 Å². The number of hydrogen-bond donors (Lipinski definition) is 5. The molecule has 210 valence electrons. The van der Waals surface area contributed by atoms with Crippen LogP contribution in [0.25, 0.3) is 0 Å². The molecule has 2 saturated heterocycles. The molecule has 2 atom stereocenters. The first-order valence-electron chi connectivity index (χ1n) is 15.4. The number of H-pyrrole nitrogens is 1. The normalized spacial score (nSPS) is 31.2. The Kier molecular flexibility index (Phi) is 7.05. The van der Waals surface area contributed by atoms with Gasteiger partial charge in [-0.3, -0.25) is 10.00 Å². The Balaban J connectivity index is 0.847. The van der Waals surface area contributed by atoms with E-state index < -0.39 is 0 Å². The first-order chi connectivity index (χ1) is 19.2. The maximum Gasteiger partial charge on any atom is 0.315 e. The number of anilines is 3. The Hall–Kier alpha value is -2.88. The zero-order valence-corrected chi connectivity index (χ0v) is 22.9. The summed E-state index contributed by atoms with van der Waals surface area (Å²) in [4.78, 5) is 24.7. The molecule has 39 heavy (non-hydrogen) atoms. The zero-order valence-electron chi connectivity index (χ0n) is 22.9. The van der Waals surface area contributed by atoms with E-state index in [1.807, 2.05) is 6.07 Å². The van der Waals surface area contributed by atoms with Gasteiger partial charge in [-0.15, -0.1) is 0 Å². The Labute approximate surface area is 230 Å². The standard InChI is InChI=1S/C29H43N9O/c39-29(33-21-15-23-11-12-24(16-21)38(23)22-9-10-22)32-20-7-5-19(6-8-20)31-28-30-14-13-26(35-28)34-27-17-25(36-37-27)18-3-1-2-4-18/h13-14,17-24H,1-12,15-16H2,(H2,32,33,39)(H3,30,31,34,35,36,37)/t19?,20?,23-,24-/m1/s1. The minimum atomic E-state index is 0.0206.